The van der Waals surface area contributed by atoms with Crippen molar-refractivity contribution in [2.75, 3.05) is 6.61 Å². The molecule has 0 heterocycles. The second-order valence-corrected chi connectivity index (χ2v) is 3.29. The lowest BCUT2D eigenvalue weighted by atomic mass is 10.0. The van der Waals surface area contributed by atoms with Gasteiger partial charge in [-0.1, -0.05) is 13.8 Å². The smallest absolute Gasteiger partial charge is 0.308 e. The molecular weight excluding hydrogens is 156 g/mol. The second kappa shape index (κ2) is 6.00. The number of aliphatic hydroxyl groups excluding tert-OH is 1. The van der Waals surface area contributed by atoms with E-state index < -0.39 is 6.10 Å². The highest BCUT2D eigenvalue weighted by molar-refractivity contribution is 5.69. The summed E-state index contributed by atoms with van der Waals surface area (Å²) in [5, 5.41) is 9.32. The first-order chi connectivity index (χ1) is 5.56. The van der Waals surface area contributed by atoms with E-state index in [0.29, 0.717) is 18.9 Å². The van der Waals surface area contributed by atoms with E-state index in [1.807, 2.05) is 13.8 Å². The van der Waals surface area contributed by atoms with Crippen LogP contribution in [0.4, 0.5) is 0 Å². The Bertz CT molecular complexity index is 132. The molecule has 0 amide bonds. The summed E-state index contributed by atoms with van der Waals surface area (Å²) in [7, 11) is 0. The van der Waals surface area contributed by atoms with E-state index in [1.54, 1.807) is 6.92 Å². The fourth-order valence-corrected chi connectivity index (χ4v) is 1.04. The molecule has 0 aliphatic rings. The molecule has 0 rings (SSSR count). The van der Waals surface area contributed by atoms with Crippen molar-refractivity contribution in [2.45, 2.75) is 39.7 Å². The lowest BCUT2D eigenvalue weighted by Crippen LogP contribution is -2.17. The second-order valence-electron chi connectivity index (χ2n) is 3.29. The average Bonchev–Trinajstić information content (AvgIpc) is 1.84. The predicted molar refractivity (Wildman–Crippen MR) is 46.7 cm³/mol. The van der Waals surface area contributed by atoms with E-state index in [4.69, 9.17) is 4.74 Å². The molecule has 0 aliphatic carbocycles. The predicted octanol–water partition coefficient (Wildman–Crippen LogP) is 1.35. The molecule has 0 fully saturated rings. The molecule has 0 radical (unpaired) electrons. The molecule has 0 bridgehead atoms. The fraction of sp³-hybridized carbons (Fsp3) is 0.889. The number of rotatable bonds is 5. The van der Waals surface area contributed by atoms with Crippen LogP contribution in [0.2, 0.25) is 0 Å². The third kappa shape index (κ3) is 6.16. The van der Waals surface area contributed by atoms with Crippen LogP contribution < -0.4 is 0 Å². The molecule has 1 atom stereocenters. The van der Waals surface area contributed by atoms with Crippen LogP contribution in [-0.2, 0) is 9.53 Å². The van der Waals surface area contributed by atoms with Crippen LogP contribution >= 0.6 is 0 Å². The zero-order chi connectivity index (χ0) is 9.56. The van der Waals surface area contributed by atoms with Crippen molar-refractivity contribution in [3.63, 3.8) is 0 Å². The maximum absolute atomic E-state index is 10.9. The fourth-order valence-electron chi connectivity index (χ4n) is 1.04. The minimum absolute atomic E-state index is 0.117. The minimum Gasteiger partial charge on any atom is -0.466 e. The van der Waals surface area contributed by atoms with Gasteiger partial charge < -0.3 is 9.84 Å². The topological polar surface area (TPSA) is 46.5 Å². The van der Waals surface area contributed by atoms with Crippen molar-refractivity contribution in [1.29, 1.82) is 0 Å². The Morgan fingerprint density at radius 2 is 2.08 bits per heavy atom. The number of aliphatic hydroxyl groups is 1. The quantitative estimate of drug-likeness (QED) is 0.640. The lowest BCUT2D eigenvalue weighted by Gasteiger charge is -2.11. The van der Waals surface area contributed by atoms with Crippen molar-refractivity contribution in [3.05, 3.63) is 0 Å². The van der Waals surface area contributed by atoms with Gasteiger partial charge >= 0.3 is 5.97 Å². The van der Waals surface area contributed by atoms with Gasteiger partial charge in [0.15, 0.2) is 0 Å². The van der Waals surface area contributed by atoms with Gasteiger partial charge in [-0.3, -0.25) is 4.79 Å². The van der Waals surface area contributed by atoms with E-state index in [1.165, 1.54) is 0 Å². The van der Waals surface area contributed by atoms with Crippen molar-refractivity contribution in [2.24, 2.45) is 5.92 Å². The summed E-state index contributed by atoms with van der Waals surface area (Å²) in [5.74, 6) is 0.0973. The molecule has 1 N–H and O–H groups in total. The zero-order valence-corrected chi connectivity index (χ0v) is 8.04. The van der Waals surface area contributed by atoms with Crippen molar-refractivity contribution < 1.29 is 14.6 Å². The maximum atomic E-state index is 10.9. The SMILES string of the molecule is CCOC(=O)C[C@H](O)CC(C)C. The summed E-state index contributed by atoms with van der Waals surface area (Å²) in [6, 6.07) is 0. The van der Waals surface area contributed by atoms with Crippen LogP contribution in [0.3, 0.4) is 0 Å². The van der Waals surface area contributed by atoms with Crippen LogP contribution in [-0.4, -0.2) is 23.8 Å². The number of esters is 1. The van der Waals surface area contributed by atoms with Gasteiger partial charge in [0.25, 0.3) is 0 Å². The molecule has 0 unspecified atom stereocenters. The van der Waals surface area contributed by atoms with Crippen LogP contribution in [0.25, 0.3) is 0 Å². The first-order valence-corrected chi connectivity index (χ1v) is 4.40. The van der Waals surface area contributed by atoms with E-state index in [-0.39, 0.29) is 12.4 Å². The zero-order valence-electron chi connectivity index (χ0n) is 8.04. The van der Waals surface area contributed by atoms with E-state index in [2.05, 4.69) is 0 Å². The molecule has 3 heteroatoms. The summed E-state index contributed by atoms with van der Waals surface area (Å²) in [5.41, 5.74) is 0. The molecule has 0 aromatic rings. The number of carbonyl (C=O) groups is 1. The van der Waals surface area contributed by atoms with Crippen molar-refractivity contribution in [1.82, 2.24) is 0 Å². The molecule has 0 aromatic carbocycles. The van der Waals surface area contributed by atoms with Gasteiger partial charge in [0.05, 0.1) is 19.1 Å². The first-order valence-electron chi connectivity index (χ1n) is 4.40. The molecular formula is C9H18O3. The number of hydrogen-bond donors (Lipinski definition) is 1. The monoisotopic (exact) mass is 174 g/mol. The van der Waals surface area contributed by atoms with E-state index in [0.717, 1.165) is 0 Å². The number of ether oxygens (including phenoxy) is 1. The van der Waals surface area contributed by atoms with Gasteiger partial charge in [-0.25, -0.2) is 0 Å². The van der Waals surface area contributed by atoms with Crippen LogP contribution in [0.1, 0.15) is 33.6 Å². The molecule has 0 aliphatic heterocycles. The largest absolute Gasteiger partial charge is 0.466 e. The van der Waals surface area contributed by atoms with Crippen molar-refractivity contribution in [3.8, 4) is 0 Å². The minimum atomic E-state index is -0.552. The highest BCUT2D eigenvalue weighted by atomic mass is 16.5. The maximum Gasteiger partial charge on any atom is 0.308 e. The average molecular weight is 174 g/mol. The Morgan fingerprint density at radius 1 is 1.50 bits per heavy atom. The van der Waals surface area contributed by atoms with E-state index in [9.17, 15) is 9.90 Å². The molecule has 0 saturated heterocycles. The molecule has 72 valence electrons. The molecule has 3 nitrogen and oxygen atoms in total. The van der Waals surface area contributed by atoms with Crippen LogP contribution in [0.5, 0.6) is 0 Å². The normalized spacial score (nSPS) is 13.1. The van der Waals surface area contributed by atoms with E-state index >= 15 is 0 Å². The highest BCUT2D eigenvalue weighted by Crippen LogP contribution is 2.07. The lowest BCUT2D eigenvalue weighted by molar-refractivity contribution is -0.145. The Balaban J connectivity index is 3.54. The van der Waals surface area contributed by atoms with Gasteiger partial charge in [0.1, 0.15) is 0 Å². The first kappa shape index (κ1) is 11.4. The summed E-state index contributed by atoms with van der Waals surface area (Å²) in [6.45, 7) is 6.16. The molecule has 0 spiro atoms. The van der Waals surface area contributed by atoms with Gasteiger partial charge in [0, 0.05) is 0 Å². The summed E-state index contributed by atoms with van der Waals surface area (Å²) >= 11 is 0. The van der Waals surface area contributed by atoms with Gasteiger partial charge in [-0.2, -0.15) is 0 Å². The third-order valence-corrected chi connectivity index (χ3v) is 1.45. The van der Waals surface area contributed by atoms with Gasteiger partial charge in [-0.15, -0.1) is 0 Å². The number of carbonyl (C=O) groups excluding carboxylic acids is 1. The van der Waals surface area contributed by atoms with Crippen LogP contribution in [0, 0.1) is 5.92 Å². The highest BCUT2D eigenvalue weighted by Gasteiger charge is 2.12. The Labute approximate surface area is 73.7 Å². The third-order valence-electron chi connectivity index (χ3n) is 1.45. The van der Waals surface area contributed by atoms with Gasteiger partial charge in [0.2, 0.25) is 0 Å². The summed E-state index contributed by atoms with van der Waals surface area (Å²) in [6.07, 6.45) is 0.217. The Hall–Kier alpha value is -0.570. The Kier molecular flexibility index (Phi) is 5.72. The summed E-state index contributed by atoms with van der Waals surface area (Å²) in [4.78, 5) is 10.9. The van der Waals surface area contributed by atoms with Gasteiger partial charge in [-0.05, 0) is 19.3 Å². The standard InChI is InChI=1S/C9H18O3/c1-4-12-9(11)6-8(10)5-7(2)3/h7-8,10H,4-6H2,1-3H3/t8-/m1/s1. The summed E-state index contributed by atoms with van der Waals surface area (Å²) < 4.78 is 4.70. The van der Waals surface area contributed by atoms with Crippen LogP contribution in [0.15, 0.2) is 0 Å². The molecule has 0 aromatic heterocycles. The molecule has 0 saturated carbocycles. The Morgan fingerprint density at radius 3 is 2.50 bits per heavy atom. The molecule has 12 heavy (non-hydrogen) atoms. The number of hydrogen-bond acceptors (Lipinski definition) is 3. The van der Waals surface area contributed by atoms with Crippen molar-refractivity contribution >= 4 is 5.97 Å².